The van der Waals surface area contributed by atoms with Gasteiger partial charge in [-0.15, -0.1) is 0 Å². The number of hydrogen-bond acceptors (Lipinski definition) is 8. The minimum atomic E-state index is -0.749. The Morgan fingerprint density at radius 3 is 1.30 bits per heavy atom. The van der Waals surface area contributed by atoms with Gasteiger partial charge in [0.25, 0.3) is 0 Å². The van der Waals surface area contributed by atoms with Crippen LogP contribution in [0.1, 0.15) is 128 Å². The van der Waals surface area contributed by atoms with Crippen LogP contribution >= 0.6 is 0 Å². The van der Waals surface area contributed by atoms with E-state index in [4.69, 9.17) is 24.7 Å². The van der Waals surface area contributed by atoms with Crippen LogP contribution < -0.4 is 30.6 Å². The molecule has 7 aromatic carbocycles. The highest BCUT2D eigenvalue weighted by Crippen LogP contribution is 2.48. The Kier molecular flexibility index (Phi) is 20.8. The summed E-state index contributed by atoms with van der Waals surface area (Å²) in [6.45, 7) is 7.31. The van der Waals surface area contributed by atoms with Gasteiger partial charge in [0.05, 0.1) is 34.0 Å². The summed E-state index contributed by atoms with van der Waals surface area (Å²) in [6.07, 6.45) is 9.86. The second kappa shape index (κ2) is 28.2. The highest BCUT2D eigenvalue weighted by Gasteiger charge is 2.44. The largest absolute Gasteiger partial charge is 0.496 e. The van der Waals surface area contributed by atoms with Gasteiger partial charge in [-0.05, 0) is 120 Å². The first-order chi connectivity index (χ1) is 37.2. The molecule has 4 aliphatic carbocycles. The lowest BCUT2D eigenvalue weighted by Crippen LogP contribution is -2.54. The summed E-state index contributed by atoms with van der Waals surface area (Å²) in [7, 11) is 5.01. The van der Waals surface area contributed by atoms with Crippen LogP contribution in [0.4, 0.5) is 0 Å². The van der Waals surface area contributed by atoms with Gasteiger partial charge in [0, 0.05) is 36.8 Å². The summed E-state index contributed by atoms with van der Waals surface area (Å²) < 4.78 is 21.7. The Bertz CT molecular complexity index is 2640. The van der Waals surface area contributed by atoms with Crippen molar-refractivity contribution < 1.29 is 24.1 Å². The number of aliphatic hydroxyl groups is 1. The number of methoxy groups -OCH3 is 3. The van der Waals surface area contributed by atoms with Crippen molar-refractivity contribution in [1.82, 2.24) is 10.6 Å². The summed E-state index contributed by atoms with van der Waals surface area (Å²) in [4.78, 5) is 0. The quantitative estimate of drug-likeness (QED) is 0.0853. The van der Waals surface area contributed by atoms with E-state index in [1.165, 1.54) is 71.9 Å². The third-order valence-electron chi connectivity index (χ3n) is 16.6. The van der Waals surface area contributed by atoms with Crippen LogP contribution in [0.15, 0.2) is 194 Å². The van der Waals surface area contributed by atoms with E-state index in [1.54, 1.807) is 21.3 Å². The molecule has 0 unspecified atom stereocenters. The van der Waals surface area contributed by atoms with E-state index >= 15 is 0 Å². The van der Waals surface area contributed by atoms with Crippen molar-refractivity contribution in [2.45, 2.75) is 126 Å². The number of hydrogen-bond donors (Lipinski definition) is 4. The Morgan fingerprint density at radius 1 is 0.487 bits per heavy atom. The Morgan fingerprint density at radius 2 is 0.921 bits per heavy atom. The summed E-state index contributed by atoms with van der Waals surface area (Å²) in [6, 6.07) is 67.9. The number of benzene rings is 7. The van der Waals surface area contributed by atoms with Gasteiger partial charge in [-0.3, -0.25) is 0 Å². The minimum absolute atomic E-state index is 0.0834. The molecule has 4 saturated carbocycles. The molecule has 5 aliphatic rings. The van der Waals surface area contributed by atoms with Crippen LogP contribution in [0.2, 0.25) is 0 Å². The standard InChI is InChI=1S/C17H19N.C16H17NO.C14H20O3.C11H14.C10H13NO/c1-3-7-14(8-4-1)13-18-17-12-11-16(17)15-9-5-2-6-10-15;1-3-7-13(8-4-1)11-17-15-12-18-16(15)14-9-5-2-6-10-14;1-9-5-6-10(9)11-7-13(16-3)14(17-4)8-12(11)15-2;1-9-7-8-11(9)10-5-3-2-4-6-10;11-9-6-7-10(9,12)8-4-2-1-3-5-8/h1-10,16-18H,11-13H2;1-10,15-17H,11-12H2;7-10H,5-6H2,1-4H3;2-6,9,11H,7-8H2,1H3;1-5,9,12H,6-7,11H2/t16-,17-;15-,16-;9-,10+;9-,11+;9-,10+/m11111/s1. The van der Waals surface area contributed by atoms with Crippen LogP contribution in [-0.2, 0) is 23.4 Å². The Balaban J connectivity index is 0.000000127. The van der Waals surface area contributed by atoms with E-state index in [0.29, 0.717) is 23.9 Å². The van der Waals surface area contributed by atoms with Gasteiger partial charge >= 0.3 is 0 Å². The maximum Gasteiger partial charge on any atom is 0.164 e. The highest BCUT2D eigenvalue weighted by molar-refractivity contribution is 5.52. The van der Waals surface area contributed by atoms with Crippen molar-refractivity contribution in [3.05, 3.63) is 233 Å². The molecular weight excluding hydrogens is 939 g/mol. The molecule has 1 saturated heterocycles. The monoisotopic (exact) mass is 1020 g/mol. The lowest BCUT2D eigenvalue weighted by molar-refractivity contribution is -0.0904. The van der Waals surface area contributed by atoms with Gasteiger partial charge < -0.3 is 40.4 Å². The zero-order valence-corrected chi connectivity index (χ0v) is 45.6. The topological polar surface area (TPSA) is 107 Å². The van der Waals surface area contributed by atoms with Crippen molar-refractivity contribution in [2.24, 2.45) is 17.6 Å². The number of rotatable bonds is 14. The molecule has 7 aromatic rings. The molecule has 400 valence electrons. The van der Waals surface area contributed by atoms with Crippen molar-refractivity contribution in [1.29, 1.82) is 0 Å². The van der Waals surface area contributed by atoms with Gasteiger partial charge in [0.15, 0.2) is 11.5 Å². The van der Waals surface area contributed by atoms with Crippen LogP contribution in [0.25, 0.3) is 0 Å². The third-order valence-corrected chi connectivity index (χ3v) is 16.6. The predicted molar refractivity (Wildman–Crippen MR) is 310 cm³/mol. The molecule has 8 heteroatoms. The molecule has 10 atom stereocenters. The van der Waals surface area contributed by atoms with E-state index in [0.717, 1.165) is 73.1 Å². The normalized spacial score (nSPS) is 25.4. The Hall–Kier alpha value is -6.26. The fourth-order valence-electron chi connectivity index (χ4n) is 11.0. The first-order valence-electron chi connectivity index (χ1n) is 27.8. The van der Waals surface area contributed by atoms with Gasteiger partial charge in [-0.25, -0.2) is 0 Å². The fourth-order valence-corrected chi connectivity index (χ4v) is 11.0. The molecule has 76 heavy (non-hydrogen) atoms. The summed E-state index contributed by atoms with van der Waals surface area (Å²) >= 11 is 0. The second-order valence-corrected chi connectivity index (χ2v) is 21.3. The zero-order valence-electron chi connectivity index (χ0n) is 45.6. The smallest absolute Gasteiger partial charge is 0.164 e. The molecular formula is C68H83N3O5. The fraction of sp³-hybridized carbons (Fsp3) is 0.382. The SMILES string of the molecule is COc1cc(OC)c([C@H]2CC[C@H]2C)cc1OC.C[C@@H]1CC[C@@H]1c1ccccc1.N[C@@H]1CC[C@]1(O)c1ccccc1.c1ccc(CN[C@@H]2CC[C@@H]2c2ccccc2)cc1.c1ccc(CN[C@@H]2CO[C@@H]2c2ccccc2)cc1. The second-order valence-electron chi connectivity index (χ2n) is 21.3. The lowest BCUT2D eigenvalue weighted by Gasteiger charge is -2.43. The van der Waals surface area contributed by atoms with E-state index in [-0.39, 0.29) is 12.1 Å². The zero-order chi connectivity index (χ0) is 53.1. The highest BCUT2D eigenvalue weighted by atomic mass is 16.5. The lowest BCUT2D eigenvalue weighted by atomic mass is 9.71. The average Bonchev–Trinajstić information content (AvgIpc) is 3.48. The molecule has 12 rings (SSSR count). The molecule has 1 aliphatic heterocycles. The summed E-state index contributed by atoms with van der Waals surface area (Å²) in [5, 5.41) is 17.3. The van der Waals surface area contributed by atoms with E-state index in [9.17, 15) is 5.11 Å². The number of nitrogens with one attached hydrogen (secondary N) is 2. The van der Waals surface area contributed by atoms with E-state index < -0.39 is 5.60 Å². The van der Waals surface area contributed by atoms with Crippen LogP contribution in [0, 0.1) is 11.8 Å². The van der Waals surface area contributed by atoms with Crippen LogP contribution in [0.3, 0.4) is 0 Å². The summed E-state index contributed by atoms with van der Waals surface area (Å²) in [5.74, 6) is 6.19. The molecule has 0 amide bonds. The van der Waals surface area contributed by atoms with E-state index in [1.807, 2.05) is 48.5 Å². The molecule has 0 bridgehead atoms. The maximum absolute atomic E-state index is 10.0. The number of nitrogens with two attached hydrogens (primary N) is 1. The first kappa shape index (κ1) is 56.0. The molecule has 1 heterocycles. The van der Waals surface area contributed by atoms with Crippen molar-refractivity contribution >= 4 is 0 Å². The van der Waals surface area contributed by atoms with Crippen LogP contribution in [0.5, 0.6) is 17.2 Å². The van der Waals surface area contributed by atoms with E-state index in [2.05, 4.69) is 170 Å². The maximum atomic E-state index is 10.0. The van der Waals surface area contributed by atoms with Gasteiger partial charge in [0.2, 0.25) is 0 Å². The van der Waals surface area contributed by atoms with Crippen molar-refractivity contribution in [3.63, 3.8) is 0 Å². The van der Waals surface area contributed by atoms with Gasteiger partial charge in [-0.1, -0.05) is 196 Å². The number of ether oxygens (including phenoxy) is 4. The molecule has 8 nitrogen and oxygen atoms in total. The van der Waals surface area contributed by atoms with Crippen molar-refractivity contribution in [2.75, 3.05) is 27.9 Å². The molecule has 0 spiro atoms. The van der Waals surface area contributed by atoms with Gasteiger partial charge in [0.1, 0.15) is 17.5 Å². The molecule has 5 N–H and O–H groups in total. The van der Waals surface area contributed by atoms with Crippen molar-refractivity contribution in [3.8, 4) is 17.2 Å². The molecule has 5 fully saturated rings. The summed E-state index contributed by atoms with van der Waals surface area (Å²) in [5.41, 5.74) is 14.1. The van der Waals surface area contributed by atoms with Gasteiger partial charge in [-0.2, -0.15) is 0 Å². The van der Waals surface area contributed by atoms with Crippen LogP contribution in [-0.4, -0.2) is 51.2 Å². The Labute approximate surface area is 454 Å². The minimum Gasteiger partial charge on any atom is -0.496 e. The molecule has 0 aromatic heterocycles. The first-order valence-corrected chi connectivity index (χ1v) is 27.8. The predicted octanol–water partition coefficient (Wildman–Crippen LogP) is 14.1. The molecule has 0 radical (unpaired) electrons. The third kappa shape index (κ3) is 14.6. The average molecular weight is 1020 g/mol.